The molecule has 0 saturated heterocycles. The van der Waals surface area contributed by atoms with Gasteiger partial charge in [-0.25, -0.2) is 4.98 Å². The second-order valence-corrected chi connectivity index (χ2v) is 4.07. The first kappa shape index (κ1) is 13.1. The third-order valence-corrected chi connectivity index (χ3v) is 2.82. The number of nitriles is 2. The summed E-state index contributed by atoms with van der Waals surface area (Å²) in [5.41, 5.74) is 12.7. The molecular formula is C13H10N6O. The second-order valence-electron chi connectivity index (χ2n) is 4.07. The number of primary amides is 1. The van der Waals surface area contributed by atoms with Gasteiger partial charge >= 0.3 is 0 Å². The summed E-state index contributed by atoms with van der Waals surface area (Å²) in [6.07, 6.45) is 1.40. The zero-order valence-electron chi connectivity index (χ0n) is 10.4. The molecule has 4 N–H and O–H groups in total. The number of nitrogen functional groups attached to an aromatic ring is 1. The minimum absolute atomic E-state index is 0.0693. The minimum atomic E-state index is -0.560. The molecule has 7 heteroatoms. The molecule has 0 fully saturated rings. The van der Waals surface area contributed by atoms with Crippen molar-refractivity contribution in [2.75, 3.05) is 5.73 Å². The van der Waals surface area contributed by atoms with Crippen LogP contribution in [0.1, 0.15) is 27.3 Å². The van der Waals surface area contributed by atoms with E-state index < -0.39 is 5.91 Å². The molecule has 2 aromatic rings. The maximum atomic E-state index is 11.0. The fraction of sp³-hybridized carbons (Fsp3) is 0.0769. The van der Waals surface area contributed by atoms with Crippen molar-refractivity contribution in [2.45, 2.75) is 6.54 Å². The molecule has 1 heterocycles. The van der Waals surface area contributed by atoms with Crippen molar-refractivity contribution < 1.29 is 4.79 Å². The molecule has 0 atom stereocenters. The van der Waals surface area contributed by atoms with Crippen molar-refractivity contribution in [2.24, 2.45) is 5.73 Å². The smallest absolute Gasteiger partial charge is 0.248 e. The molecule has 0 unspecified atom stereocenters. The maximum absolute atomic E-state index is 11.0. The number of hydrogen-bond donors (Lipinski definition) is 2. The van der Waals surface area contributed by atoms with E-state index in [1.54, 1.807) is 12.1 Å². The van der Waals surface area contributed by atoms with Crippen LogP contribution in [0.4, 0.5) is 5.69 Å². The number of aromatic nitrogens is 2. The fourth-order valence-electron chi connectivity index (χ4n) is 1.78. The number of imidazole rings is 1. The van der Waals surface area contributed by atoms with Crippen LogP contribution in [-0.4, -0.2) is 15.5 Å². The predicted molar refractivity (Wildman–Crippen MR) is 70.1 cm³/mol. The Morgan fingerprint density at radius 2 is 2.10 bits per heavy atom. The molecule has 1 aromatic heterocycles. The number of carbonyl (C=O) groups is 1. The standard InChI is InChI=1S/C13H10N6O/c14-4-11-12(5-15)19(7-18-11)6-9-2-1-8(13(17)20)3-10(9)16/h1-3,7H,6,16H2,(H2,17,20). The molecule has 0 aliphatic carbocycles. The Kier molecular flexibility index (Phi) is 3.36. The highest BCUT2D eigenvalue weighted by molar-refractivity contribution is 5.93. The highest BCUT2D eigenvalue weighted by Gasteiger charge is 2.12. The summed E-state index contributed by atoms with van der Waals surface area (Å²) >= 11 is 0. The van der Waals surface area contributed by atoms with Gasteiger partial charge < -0.3 is 16.0 Å². The van der Waals surface area contributed by atoms with Gasteiger partial charge in [-0.2, -0.15) is 10.5 Å². The van der Waals surface area contributed by atoms with Crippen LogP contribution in [0, 0.1) is 22.7 Å². The summed E-state index contributed by atoms with van der Waals surface area (Å²) in [4.78, 5) is 14.9. The first-order valence-corrected chi connectivity index (χ1v) is 5.60. The number of rotatable bonds is 3. The third-order valence-electron chi connectivity index (χ3n) is 2.82. The number of nitrogens with two attached hydrogens (primary N) is 2. The van der Waals surface area contributed by atoms with Crippen LogP contribution in [0.2, 0.25) is 0 Å². The van der Waals surface area contributed by atoms with Gasteiger partial charge in [-0.3, -0.25) is 4.79 Å². The first-order valence-electron chi connectivity index (χ1n) is 5.60. The normalized spacial score (nSPS) is 9.70. The minimum Gasteiger partial charge on any atom is -0.398 e. The Morgan fingerprint density at radius 1 is 1.35 bits per heavy atom. The SMILES string of the molecule is N#Cc1ncn(Cc2ccc(C(N)=O)cc2N)c1C#N. The molecule has 98 valence electrons. The molecule has 0 aliphatic heterocycles. The summed E-state index contributed by atoms with van der Waals surface area (Å²) in [6, 6.07) is 8.46. The number of hydrogen-bond acceptors (Lipinski definition) is 5. The summed E-state index contributed by atoms with van der Waals surface area (Å²) in [6.45, 7) is 0.280. The van der Waals surface area contributed by atoms with Crippen LogP contribution in [0.5, 0.6) is 0 Å². The number of amides is 1. The van der Waals surface area contributed by atoms with E-state index in [4.69, 9.17) is 22.0 Å². The van der Waals surface area contributed by atoms with E-state index in [0.29, 0.717) is 16.8 Å². The van der Waals surface area contributed by atoms with Gasteiger partial charge in [-0.15, -0.1) is 0 Å². The Labute approximate surface area is 114 Å². The van der Waals surface area contributed by atoms with E-state index in [9.17, 15) is 4.79 Å². The molecule has 0 bridgehead atoms. The summed E-state index contributed by atoms with van der Waals surface area (Å²) in [5, 5.41) is 17.9. The van der Waals surface area contributed by atoms with Gasteiger partial charge in [-0.1, -0.05) is 6.07 Å². The van der Waals surface area contributed by atoms with Gasteiger partial charge in [0.2, 0.25) is 5.91 Å². The van der Waals surface area contributed by atoms with Crippen molar-refractivity contribution in [3.8, 4) is 12.1 Å². The second kappa shape index (κ2) is 5.12. The van der Waals surface area contributed by atoms with Crippen LogP contribution in [0.25, 0.3) is 0 Å². The molecular weight excluding hydrogens is 256 g/mol. The van der Waals surface area contributed by atoms with Crippen molar-refractivity contribution in [1.29, 1.82) is 10.5 Å². The van der Waals surface area contributed by atoms with Gasteiger partial charge in [0.25, 0.3) is 0 Å². The van der Waals surface area contributed by atoms with E-state index in [-0.39, 0.29) is 17.9 Å². The third kappa shape index (κ3) is 2.28. The highest BCUT2D eigenvalue weighted by Crippen LogP contribution is 2.17. The first-order chi connectivity index (χ1) is 9.56. The maximum Gasteiger partial charge on any atom is 0.248 e. The van der Waals surface area contributed by atoms with Crippen LogP contribution in [0.15, 0.2) is 24.5 Å². The Hall–Kier alpha value is -3.32. The average Bonchev–Trinajstić information content (AvgIpc) is 2.82. The molecule has 1 aromatic carbocycles. The number of anilines is 1. The molecule has 20 heavy (non-hydrogen) atoms. The molecule has 1 amide bonds. The molecule has 0 radical (unpaired) electrons. The lowest BCUT2D eigenvalue weighted by molar-refractivity contribution is 0.100. The summed E-state index contributed by atoms with van der Waals surface area (Å²) < 4.78 is 1.52. The lowest BCUT2D eigenvalue weighted by Gasteiger charge is -2.08. The van der Waals surface area contributed by atoms with E-state index in [1.807, 2.05) is 12.1 Å². The van der Waals surface area contributed by atoms with Gasteiger partial charge in [-0.05, 0) is 17.7 Å². The van der Waals surface area contributed by atoms with Gasteiger partial charge in [0.1, 0.15) is 12.1 Å². The van der Waals surface area contributed by atoms with E-state index in [0.717, 1.165) is 0 Å². The number of nitrogens with zero attached hydrogens (tertiary/aromatic N) is 4. The van der Waals surface area contributed by atoms with E-state index in [1.165, 1.54) is 17.0 Å². The Bertz CT molecular complexity index is 762. The van der Waals surface area contributed by atoms with Crippen molar-refractivity contribution >= 4 is 11.6 Å². The van der Waals surface area contributed by atoms with Gasteiger partial charge in [0.05, 0.1) is 12.9 Å². The van der Waals surface area contributed by atoms with Crippen LogP contribution in [0.3, 0.4) is 0 Å². The molecule has 7 nitrogen and oxygen atoms in total. The zero-order valence-corrected chi connectivity index (χ0v) is 10.4. The molecule has 0 saturated carbocycles. The molecule has 0 spiro atoms. The topological polar surface area (TPSA) is 135 Å². The zero-order chi connectivity index (χ0) is 14.7. The number of benzene rings is 1. The summed E-state index contributed by atoms with van der Waals surface area (Å²) in [7, 11) is 0. The van der Waals surface area contributed by atoms with Gasteiger partial charge in [0.15, 0.2) is 11.4 Å². The Morgan fingerprint density at radius 3 is 2.65 bits per heavy atom. The summed E-state index contributed by atoms with van der Waals surface area (Å²) in [5.74, 6) is -0.560. The van der Waals surface area contributed by atoms with Crippen molar-refractivity contribution in [3.05, 3.63) is 47.0 Å². The highest BCUT2D eigenvalue weighted by atomic mass is 16.1. The lowest BCUT2D eigenvalue weighted by atomic mass is 10.1. The van der Waals surface area contributed by atoms with E-state index in [2.05, 4.69) is 4.98 Å². The molecule has 2 rings (SSSR count). The largest absolute Gasteiger partial charge is 0.398 e. The predicted octanol–water partition coefficient (Wildman–Crippen LogP) is 0.356. The lowest BCUT2D eigenvalue weighted by Crippen LogP contribution is -2.12. The van der Waals surface area contributed by atoms with Crippen LogP contribution >= 0.6 is 0 Å². The molecule has 0 aliphatic rings. The van der Waals surface area contributed by atoms with Crippen LogP contribution < -0.4 is 11.5 Å². The van der Waals surface area contributed by atoms with Crippen molar-refractivity contribution in [3.63, 3.8) is 0 Å². The van der Waals surface area contributed by atoms with Crippen molar-refractivity contribution in [1.82, 2.24) is 9.55 Å². The average molecular weight is 266 g/mol. The Balaban J connectivity index is 2.37. The van der Waals surface area contributed by atoms with Gasteiger partial charge in [0, 0.05) is 11.3 Å². The monoisotopic (exact) mass is 266 g/mol. The quantitative estimate of drug-likeness (QED) is 0.773. The van der Waals surface area contributed by atoms with Crippen LogP contribution in [-0.2, 0) is 6.54 Å². The van der Waals surface area contributed by atoms with E-state index >= 15 is 0 Å². The fourth-order valence-corrected chi connectivity index (χ4v) is 1.78. The number of carbonyl (C=O) groups excluding carboxylic acids is 1.